The van der Waals surface area contributed by atoms with E-state index >= 15 is 0 Å². The second-order valence-corrected chi connectivity index (χ2v) is 9.40. The number of rotatable bonds is 7. The summed E-state index contributed by atoms with van der Waals surface area (Å²) in [6, 6.07) is 13.9. The summed E-state index contributed by atoms with van der Waals surface area (Å²) >= 11 is 0. The summed E-state index contributed by atoms with van der Waals surface area (Å²) in [5.74, 6) is -0.0629. The zero-order valence-corrected chi connectivity index (χ0v) is 18.0. The zero-order valence-electron chi connectivity index (χ0n) is 17.2. The SMILES string of the molecule is CC(=O)NC[C@@H]1CCN(C(=O)c2cc(S(=O)(=O)NCc3ccccc3)ccc2C)C1. The minimum absolute atomic E-state index is 0.0707. The quantitative estimate of drug-likeness (QED) is 0.704. The highest BCUT2D eigenvalue weighted by Crippen LogP contribution is 2.22. The summed E-state index contributed by atoms with van der Waals surface area (Å²) in [6.07, 6.45) is 0.807. The Hall–Kier alpha value is -2.71. The van der Waals surface area contributed by atoms with Gasteiger partial charge in [0.2, 0.25) is 15.9 Å². The summed E-state index contributed by atoms with van der Waals surface area (Å²) in [4.78, 5) is 25.9. The van der Waals surface area contributed by atoms with Gasteiger partial charge in [-0.25, -0.2) is 13.1 Å². The molecule has 0 aromatic heterocycles. The van der Waals surface area contributed by atoms with Gasteiger partial charge in [-0.1, -0.05) is 36.4 Å². The van der Waals surface area contributed by atoms with Crippen molar-refractivity contribution < 1.29 is 18.0 Å². The molecular formula is C22H27N3O4S. The maximum atomic E-state index is 13.0. The lowest BCUT2D eigenvalue weighted by Crippen LogP contribution is -2.32. The van der Waals surface area contributed by atoms with E-state index in [2.05, 4.69) is 10.0 Å². The van der Waals surface area contributed by atoms with Crippen LogP contribution >= 0.6 is 0 Å². The fourth-order valence-corrected chi connectivity index (χ4v) is 4.54. The molecule has 0 unspecified atom stereocenters. The minimum atomic E-state index is -3.75. The molecule has 1 aliphatic rings. The molecular weight excluding hydrogens is 402 g/mol. The second kappa shape index (κ2) is 9.40. The highest BCUT2D eigenvalue weighted by Gasteiger charge is 2.28. The van der Waals surface area contributed by atoms with Crippen LogP contribution in [0, 0.1) is 12.8 Å². The van der Waals surface area contributed by atoms with Crippen LogP contribution in [-0.2, 0) is 21.4 Å². The van der Waals surface area contributed by atoms with Crippen molar-refractivity contribution in [2.24, 2.45) is 5.92 Å². The van der Waals surface area contributed by atoms with Crippen molar-refractivity contribution in [2.45, 2.75) is 31.7 Å². The lowest BCUT2D eigenvalue weighted by Gasteiger charge is -2.19. The number of nitrogens with one attached hydrogen (secondary N) is 2. The van der Waals surface area contributed by atoms with Gasteiger partial charge in [0.05, 0.1) is 4.90 Å². The zero-order chi connectivity index (χ0) is 21.7. The summed E-state index contributed by atoms with van der Waals surface area (Å²) < 4.78 is 28.1. The van der Waals surface area contributed by atoms with Crippen LogP contribution in [0.5, 0.6) is 0 Å². The Morgan fingerprint density at radius 2 is 1.87 bits per heavy atom. The Labute approximate surface area is 177 Å². The Morgan fingerprint density at radius 1 is 1.13 bits per heavy atom. The number of carbonyl (C=O) groups excluding carboxylic acids is 2. The van der Waals surface area contributed by atoms with Gasteiger partial charge in [-0.3, -0.25) is 9.59 Å². The van der Waals surface area contributed by atoms with Crippen molar-refractivity contribution >= 4 is 21.8 Å². The molecule has 160 valence electrons. The van der Waals surface area contributed by atoms with E-state index in [1.807, 2.05) is 30.3 Å². The molecule has 0 spiro atoms. The van der Waals surface area contributed by atoms with E-state index in [9.17, 15) is 18.0 Å². The lowest BCUT2D eigenvalue weighted by atomic mass is 10.1. The third-order valence-corrected chi connectivity index (χ3v) is 6.67. The molecule has 2 aromatic carbocycles. The highest BCUT2D eigenvalue weighted by atomic mass is 32.2. The smallest absolute Gasteiger partial charge is 0.254 e. The molecule has 7 nitrogen and oxygen atoms in total. The Kier molecular flexibility index (Phi) is 6.89. The van der Waals surface area contributed by atoms with Gasteiger partial charge in [-0.05, 0) is 42.5 Å². The van der Waals surface area contributed by atoms with E-state index < -0.39 is 10.0 Å². The van der Waals surface area contributed by atoms with E-state index in [0.717, 1.165) is 17.5 Å². The van der Waals surface area contributed by atoms with Gasteiger partial charge in [0, 0.05) is 38.7 Å². The number of nitrogens with zero attached hydrogens (tertiary/aromatic N) is 1. The second-order valence-electron chi connectivity index (χ2n) is 7.63. The van der Waals surface area contributed by atoms with Crippen LogP contribution in [0.2, 0.25) is 0 Å². The summed E-state index contributed by atoms with van der Waals surface area (Å²) in [7, 11) is -3.75. The standard InChI is InChI=1S/C22H27N3O4S/c1-16-8-9-20(30(28,29)24-14-18-6-4-3-5-7-18)12-21(16)22(27)25-11-10-19(15-25)13-23-17(2)26/h3-9,12,19,24H,10-11,13-15H2,1-2H3,(H,23,26)/t19-/m0/s1. The fraction of sp³-hybridized carbons (Fsp3) is 0.364. The van der Waals surface area contributed by atoms with E-state index in [1.54, 1.807) is 17.9 Å². The van der Waals surface area contributed by atoms with Crippen molar-refractivity contribution in [1.29, 1.82) is 0 Å². The molecule has 2 amide bonds. The van der Waals surface area contributed by atoms with Crippen LogP contribution in [0.1, 0.15) is 34.8 Å². The molecule has 1 saturated heterocycles. The molecule has 1 heterocycles. The number of amides is 2. The van der Waals surface area contributed by atoms with E-state index in [-0.39, 0.29) is 29.2 Å². The molecule has 1 atom stereocenters. The largest absolute Gasteiger partial charge is 0.356 e. The first kappa shape index (κ1) is 22.0. The third-order valence-electron chi connectivity index (χ3n) is 5.27. The number of benzene rings is 2. The molecule has 1 aliphatic heterocycles. The Balaban J connectivity index is 1.71. The Bertz CT molecular complexity index is 1020. The normalized spacial score (nSPS) is 16.5. The molecule has 0 bridgehead atoms. The van der Waals surface area contributed by atoms with Crippen LogP contribution in [-0.4, -0.2) is 44.8 Å². The minimum Gasteiger partial charge on any atom is -0.356 e. The van der Waals surface area contributed by atoms with Gasteiger partial charge >= 0.3 is 0 Å². The molecule has 2 aromatic rings. The number of hydrogen-bond acceptors (Lipinski definition) is 4. The molecule has 3 rings (SSSR count). The molecule has 2 N–H and O–H groups in total. The predicted octanol–water partition coefficient (Wildman–Crippen LogP) is 2.07. The van der Waals surface area contributed by atoms with Crippen molar-refractivity contribution in [3.8, 4) is 0 Å². The van der Waals surface area contributed by atoms with Crippen LogP contribution in [0.25, 0.3) is 0 Å². The first-order valence-corrected chi connectivity index (χ1v) is 11.4. The molecule has 1 fully saturated rings. The van der Waals surface area contributed by atoms with Crippen LogP contribution in [0.3, 0.4) is 0 Å². The topological polar surface area (TPSA) is 95.6 Å². The van der Waals surface area contributed by atoms with Gasteiger partial charge in [0.25, 0.3) is 5.91 Å². The van der Waals surface area contributed by atoms with E-state index in [1.165, 1.54) is 19.1 Å². The van der Waals surface area contributed by atoms with Gasteiger partial charge in [0.15, 0.2) is 0 Å². The summed E-state index contributed by atoms with van der Waals surface area (Å²) in [5.41, 5.74) is 1.97. The van der Waals surface area contributed by atoms with Gasteiger partial charge < -0.3 is 10.2 Å². The van der Waals surface area contributed by atoms with Crippen molar-refractivity contribution in [1.82, 2.24) is 14.9 Å². The third kappa shape index (κ3) is 5.46. The predicted molar refractivity (Wildman–Crippen MR) is 114 cm³/mol. The highest BCUT2D eigenvalue weighted by molar-refractivity contribution is 7.89. The summed E-state index contributed by atoms with van der Waals surface area (Å²) in [6.45, 7) is 5.12. The maximum absolute atomic E-state index is 13.0. The number of carbonyl (C=O) groups is 2. The number of likely N-dealkylation sites (tertiary alicyclic amines) is 1. The van der Waals surface area contributed by atoms with Gasteiger partial charge in [-0.15, -0.1) is 0 Å². The average Bonchev–Trinajstić information content (AvgIpc) is 3.20. The van der Waals surface area contributed by atoms with Crippen molar-refractivity contribution in [3.05, 3.63) is 65.2 Å². The van der Waals surface area contributed by atoms with Crippen molar-refractivity contribution in [3.63, 3.8) is 0 Å². The molecule has 8 heteroatoms. The summed E-state index contributed by atoms with van der Waals surface area (Å²) in [5, 5.41) is 2.79. The molecule has 0 radical (unpaired) electrons. The first-order valence-electron chi connectivity index (χ1n) is 9.94. The fourth-order valence-electron chi connectivity index (χ4n) is 3.50. The van der Waals surface area contributed by atoms with Gasteiger partial charge in [0.1, 0.15) is 0 Å². The molecule has 30 heavy (non-hydrogen) atoms. The number of sulfonamides is 1. The van der Waals surface area contributed by atoms with E-state index in [0.29, 0.717) is 25.2 Å². The van der Waals surface area contributed by atoms with Gasteiger partial charge in [-0.2, -0.15) is 0 Å². The monoisotopic (exact) mass is 429 g/mol. The van der Waals surface area contributed by atoms with Crippen LogP contribution < -0.4 is 10.0 Å². The lowest BCUT2D eigenvalue weighted by molar-refractivity contribution is -0.119. The van der Waals surface area contributed by atoms with E-state index in [4.69, 9.17) is 0 Å². The van der Waals surface area contributed by atoms with Crippen LogP contribution in [0.15, 0.2) is 53.4 Å². The van der Waals surface area contributed by atoms with Crippen LogP contribution in [0.4, 0.5) is 0 Å². The maximum Gasteiger partial charge on any atom is 0.254 e. The number of aryl methyl sites for hydroxylation is 1. The first-order chi connectivity index (χ1) is 14.3. The average molecular weight is 430 g/mol. The molecule has 0 saturated carbocycles. The Morgan fingerprint density at radius 3 is 2.57 bits per heavy atom. The number of hydrogen-bond donors (Lipinski definition) is 2. The molecule has 0 aliphatic carbocycles. The van der Waals surface area contributed by atoms with Crippen molar-refractivity contribution in [2.75, 3.05) is 19.6 Å².